The highest BCUT2D eigenvalue weighted by Gasteiger charge is 1.59. The van der Waals surface area contributed by atoms with Crippen molar-refractivity contribution in [1.29, 1.82) is 0 Å². The summed E-state index contributed by atoms with van der Waals surface area (Å²) in [7, 11) is -5.17. The van der Waals surface area contributed by atoms with Gasteiger partial charge in [-0.05, 0) is 6.42 Å². The molecule has 0 aromatic rings. The molecule has 0 amide bonds. The maximum absolute atomic E-state index is 8.52. The van der Waals surface area contributed by atoms with Crippen molar-refractivity contribution < 1.29 is 23.3 Å². The Hall–Kier alpha value is -0.210. The molecular weight excluding hydrogens is 160 g/mol. The van der Waals surface area contributed by atoms with Gasteiger partial charge in [0.05, 0.1) is 6.54 Å². The molecule has 0 rings (SSSR count). The Balaban J connectivity index is -0.0000000910. The van der Waals surface area contributed by atoms with Gasteiger partial charge in [0.15, 0.2) is 0 Å². The highest BCUT2D eigenvalue weighted by molar-refractivity contribution is 7.79. The fraction of sp³-hybridized carbons (Fsp3) is 1.00. The topological polar surface area (TPSA) is 144 Å². The Kier molecular flexibility index (Phi) is 14.4. The van der Waals surface area contributed by atoms with E-state index in [0.29, 0.717) is 0 Å². The first-order chi connectivity index (χ1) is 3.91. The normalized spacial score (nSPS) is 8.80. The molecule has 0 bridgehead atoms. The molecule has 0 radical (unpaired) electrons. The summed E-state index contributed by atoms with van der Waals surface area (Å²) in [5.41, 5.74) is 3.60. The van der Waals surface area contributed by atoms with Crippen molar-refractivity contribution >= 4 is 10.4 Å². The van der Waals surface area contributed by atoms with E-state index in [1.165, 1.54) is 6.42 Å². The van der Waals surface area contributed by atoms with E-state index in [1.807, 2.05) is 0 Å². The van der Waals surface area contributed by atoms with E-state index in [0.717, 1.165) is 6.54 Å². The van der Waals surface area contributed by atoms with Gasteiger partial charge < -0.3 is 21.0 Å². The van der Waals surface area contributed by atoms with Crippen LogP contribution in [-0.4, -0.2) is 24.1 Å². The molecule has 0 heterocycles. The summed E-state index contributed by atoms with van der Waals surface area (Å²) >= 11 is 0. The van der Waals surface area contributed by atoms with E-state index >= 15 is 0 Å². The largest absolute Gasteiger partial charge is 0.759 e. The van der Waals surface area contributed by atoms with Gasteiger partial charge in [0.1, 0.15) is 0 Å². The van der Waals surface area contributed by atoms with Crippen molar-refractivity contribution in [2.75, 3.05) is 6.54 Å². The smallest absolute Gasteiger partial charge is 0.0737 e. The van der Waals surface area contributed by atoms with Crippen LogP contribution in [0.15, 0.2) is 0 Å². The Morgan fingerprint density at radius 1 is 1.40 bits per heavy atom. The molecule has 0 unspecified atom stereocenters. The van der Waals surface area contributed by atoms with E-state index in [1.54, 1.807) is 0 Å². The molecule has 0 aromatic heterocycles. The van der Waals surface area contributed by atoms with Gasteiger partial charge in [0, 0.05) is 10.4 Å². The highest BCUT2D eigenvalue weighted by atomic mass is 32.3. The quantitative estimate of drug-likeness (QED) is 0.375. The van der Waals surface area contributed by atoms with Crippen molar-refractivity contribution in [3.63, 3.8) is 0 Å². The molecule has 0 aliphatic rings. The fourth-order valence-electron chi connectivity index (χ4n) is 0. The molecule has 6 nitrogen and oxygen atoms in total. The minimum absolute atomic E-state index is 0. The van der Waals surface area contributed by atoms with Crippen LogP contribution in [0, 0.1) is 0 Å². The summed E-state index contributed by atoms with van der Waals surface area (Å²) < 4.78 is 34.1. The van der Waals surface area contributed by atoms with E-state index in [4.69, 9.17) is 17.5 Å². The Morgan fingerprint density at radius 3 is 1.50 bits per heavy atom. The second-order valence-corrected chi connectivity index (χ2v) is 2.08. The molecule has 0 aliphatic carbocycles. The van der Waals surface area contributed by atoms with Gasteiger partial charge in [-0.3, -0.25) is 8.42 Å². The number of hydrogen-bond acceptors (Lipinski definition) is 4. The third-order valence-corrected chi connectivity index (χ3v) is 0.354. The van der Waals surface area contributed by atoms with Crippen LogP contribution in [0.3, 0.4) is 0 Å². The number of hydrogen-bond donors (Lipinski definition) is 2. The van der Waals surface area contributed by atoms with Gasteiger partial charge >= 0.3 is 0 Å². The van der Waals surface area contributed by atoms with Gasteiger partial charge in [-0.15, -0.1) is 0 Å². The third-order valence-electron chi connectivity index (χ3n) is 0.354. The van der Waals surface area contributed by atoms with E-state index < -0.39 is 10.4 Å². The van der Waals surface area contributed by atoms with Crippen molar-refractivity contribution in [3.8, 4) is 0 Å². The monoisotopic (exact) mass is 174 g/mol. The molecule has 0 fully saturated rings. The van der Waals surface area contributed by atoms with Crippen LogP contribution >= 0.6 is 0 Å². The lowest BCUT2D eigenvalue weighted by molar-refractivity contribution is -0.367. The molecule has 66 valence electrons. The second kappa shape index (κ2) is 8.79. The molecule has 0 atom stereocenters. The van der Waals surface area contributed by atoms with Crippen molar-refractivity contribution in [1.82, 2.24) is 6.15 Å². The lowest BCUT2D eigenvalue weighted by Gasteiger charge is -2.06. The SMILES string of the molecule is CCC[NH3+].O=S(=O)([O-])[O-].[NH4+]. The summed E-state index contributed by atoms with van der Waals surface area (Å²) in [6.45, 7) is 3.19. The molecule has 0 saturated carbocycles. The third kappa shape index (κ3) is 575. The van der Waals surface area contributed by atoms with E-state index in [-0.39, 0.29) is 6.15 Å². The average molecular weight is 174 g/mol. The van der Waals surface area contributed by atoms with Crippen LogP contribution in [0.2, 0.25) is 0 Å². The van der Waals surface area contributed by atoms with Crippen LogP contribution in [0.1, 0.15) is 13.3 Å². The fourth-order valence-corrected chi connectivity index (χ4v) is 0. The van der Waals surface area contributed by atoms with Crippen LogP contribution < -0.4 is 11.9 Å². The molecule has 7 heteroatoms. The zero-order valence-electron chi connectivity index (χ0n) is 6.16. The van der Waals surface area contributed by atoms with Crippen LogP contribution in [0.5, 0.6) is 0 Å². The maximum atomic E-state index is 8.52. The lowest BCUT2D eigenvalue weighted by atomic mass is 10.5. The first-order valence-electron chi connectivity index (χ1n) is 2.37. The maximum Gasteiger partial charge on any atom is 0.0737 e. The van der Waals surface area contributed by atoms with Crippen molar-refractivity contribution in [3.05, 3.63) is 0 Å². The first kappa shape index (κ1) is 16.4. The second-order valence-electron chi connectivity index (χ2n) is 1.26. The zero-order valence-corrected chi connectivity index (χ0v) is 6.98. The summed E-state index contributed by atoms with van der Waals surface area (Å²) in [5, 5.41) is 0. The van der Waals surface area contributed by atoms with Gasteiger partial charge in [0.2, 0.25) is 0 Å². The van der Waals surface area contributed by atoms with Gasteiger partial charge in [-0.1, -0.05) is 6.92 Å². The number of rotatable bonds is 1. The molecule has 7 N–H and O–H groups in total. The summed E-state index contributed by atoms with van der Waals surface area (Å²) in [5.74, 6) is 0. The van der Waals surface area contributed by atoms with Gasteiger partial charge in [0.25, 0.3) is 0 Å². The van der Waals surface area contributed by atoms with Crippen LogP contribution in [0.25, 0.3) is 0 Å². The van der Waals surface area contributed by atoms with Gasteiger partial charge in [-0.2, -0.15) is 0 Å². The average Bonchev–Trinajstić information content (AvgIpc) is 1.61. The predicted molar refractivity (Wildman–Crippen MR) is 34.5 cm³/mol. The minimum Gasteiger partial charge on any atom is -0.759 e. The van der Waals surface area contributed by atoms with Gasteiger partial charge in [-0.25, -0.2) is 0 Å². The van der Waals surface area contributed by atoms with Crippen molar-refractivity contribution in [2.45, 2.75) is 13.3 Å². The Bertz CT molecular complexity index is 121. The molecule has 0 aromatic carbocycles. The Morgan fingerprint density at radius 2 is 1.50 bits per heavy atom. The van der Waals surface area contributed by atoms with Crippen LogP contribution in [-0.2, 0) is 10.4 Å². The van der Waals surface area contributed by atoms with E-state index in [9.17, 15) is 0 Å². The van der Waals surface area contributed by atoms with E-state index in [2.05, 4.69) is 12.7 Å². The molecule has 10 heavy (non-hydrogen) atoms. The highest BCUT2D eigenvalue weighted by Crippen LogP contribution is 1.57. The van der Waals surface area contributed by atoms with Crippen LogP contribution in [0.4, 0.5) is 0 Å². The first-order valence-corrected chi connectivity index (χ1v) is 3.71. The lowest BCUT2D eigenvalue weighted by Crippen LogP contribution is -2.49. The molecular formula is C3H14N2O4S. The molecule has 0 spiro atoms. The Labute approximate surface area is 60.6 Å². The molecule has 0 saturated heterocycles. The zero-order chi connectivity index (χ0) is 7.91. The minimum atomic E-state index is -5.17. The molecule has 0 aliphatic heterocycles. The summed E-state index contributed by atoms with van der Waals surface area (Å²) in [6.07, 6.45) is 1.21. The van der Waals surface area contributed by atoms with Crippen molar-refractivity contribution in [2.24, 2.45) is 0 Å². The summed E-state index contributed by atoms with van der Waals surface area (Å²) in [4.78, 5) is 0. The summed E-state index contributed by atoms with van der Waals surface area (Å²) in [6, 6.07) is 0. The predicted octanol–water partition coefficient (Wildman–Crippen LogP) is -1.32. The number of quaternary nitrogens is 2. The standard InChI is InChI=1S/C3H9N.H3N.H2O4S/c1-2-3-4;;1-5(2,3)4/h2-4H2,1H3;1H3;(H2,1,2,3,4).